The van der Waals surface area contributed by atoms with Gasteiger partial charge in [-0.2, -0.15) is 0 Å². The van der Waals surface area contributed by atoms with Crippen LogP contribution in [0.5, 0.6) is 5.75 Å². The molecule has 96 heavy (non-hydrogen) atoms. The average molecular weight is 1340 g/mol. The van der Waals surface area contributed by atoms with Crippen LogP contribution in [0.4, 0.5) is 4.79 Å². The number of likely N-dealkylation sites (N-methyl/N-ethyl adjacent to an activating group) is 1. The zero-order chi connectivity index (χ0) is 68.2. The topological polar surface area (TPSA) is 392 Å². The van der Waals surface area contributed by atoms with E-state index in [4.69, 9.17) is 20.9 Å². The van der Waals surface area contributed by atoms with Crippen LogP contribution in [0, 0.1) is 5.92 Å². The van der Waals surface area contributed by atoms with Gasteiger partial charge in [-0.25, -0.2) is 4.79 Å². The van der Waals surface area contributed by atoms with Crippen molar-refractivity contribution in [1.82, 2.24) is 52.4 Å². The minimum Gasteiger partial charge on any atom is -0.489 e. The number of hydrogen-bond acceptors (Lipinski definition) is 15. The molecule has 0 spiro atoms. The van der Waals surface area contributed by atoms with E-state index in [9.17, 15) is 48.6 Å². The third kappa shape index (κ3) is 23.5. The van der Waals surface area contributed by atoms with Gasteiger partial charge in [0.15, 0.2) is 5.96 Å². The first-order valence-corrected chi connectivity index (χ1v) is 31.8. The Labute approximate surface area is 563 Å². The van der Waals surface area contributed by atoms with Gasteiger partial charge in [0.05, 0.1) is 19.3 Å². The number of nitrogens with zero attached hydrogens (tertiary/aromatic N) is 2. The minimum absolute atomic E-state index is 0. The quantitative estimate of drug-likeness (QED) is 0.0154. The number of aromatic amines is 1. The molecule has 26 nitrogen and oxygen atoms in total. The van der Waals surface area contributed by atoms with Gasteiger partial charge in [-0.1, -0.05) is 142 Å². The summed E-state index contributed by atoms with van der Waals surface area (Å²) in [5.74, 6) is -6.66. The van der Waals surface area contributed by atoms with Crippen molar-refractivity contribution < 1.29 is 62.8 Å². The number of H-pyrrole nitrogens is 1. The normalized spacial score (nSPS) is 14.9. The number of aromatic nitrogens is 1. The second kappa shape index (κ2) is 38.5. The molecule has 27 heteroatoms. The van der Waals surface area contributed by atoms with Crippen molar-refractivity contribution in [2.24, 2.45) is 22.4 Å². The molecule has 0 radical (unpaired) electrons. The Hall–Kier alpha value is -9.89. The number of halogens is 1. The molecule has 1 fully saturated rings. The largest absolute Gasteiger partial charge is 0.489 e. The molecule has 7 rings (SSSR count). The molecule has 8 atom stereocenters. The van der Waals surface area contributed by atoms with E-state index in [0.717, 1.165) is 12.0 Å². The van der Waals surface area contributed by atoms with Crippen molar-refractivity contribution in [3.63, 3.8) is 0 Å². The Morgan fingerprint density at radius 2 is 1.05 bits per heavy atom. The fourth-order valence-corrected chi connectivity index (χ4v) is 10.9. The van der Waals surface area contributed by atoms with Crippen molar-refractivity contribution in [2.45, 2.75) is 134 Å². The number of para-hydroxylation sites is 1. The van der Waals surface area contributed by atoms with E-state index in [1.54, 1.807) is 115 Å². The summed E-state index contributed by atoms with van der Waals surface area (Å²) in [6.45, 7) is 5.14. The first-order valence-electron chi connectivity index (χ1n) is 31.8. The molecular formula is C69H88ClN13O13. The van der Waals surface area contributed by atoms with Gasteiger partial charge in [-0.15, -0.1) is 12.4 Å². The monoisotopic (exact) mass is 1340 g/mol. The highest BCUT2D eigenvalue weighted by Gasteiger charge is 2.37. The zero-order valence-corrected chi connectivity index (χ0v) is 54.8. The average Bonchev–Trinajstić information content (AvgIpc) is 1.56. The van der Waals surface area contributed by atoms with E-state index < -0.39 is 115 Å². The van der Waals surface area contributed by atoms with Crippen molar-refractivity contribution >= 4 is 82.6 Å². The van der Waals surface area contributed by atoms with Gasteiger partial charge in [0.2, 0.25) is 47.3 Å². The molecule has 1 aromatic heterocycles. The van der Waals surface area contributed by atoms with Gasteiger partial charge < -0.3 is 73.4 Å². The molecule has 1 saturated heterocycles. The van der Waals surface area contributed by atoms with Gasteiger partial charge in [0.25, 0.3) is 0 Å². The number of fused-ring (bicyclic) bond motifs is 1. The number of aliphatic imine (C=N–C) groups is 1. The van der Waals surface area contributed by atoms with E-state index in [-0.39, 0.29) is 82.6 Å². The number of imide groups is 1. The Balaban J connectivity index is 0.0000146. The smallest absolute Gasteiger partial charge is 0.408 e. The number of amides is 9. The highest BCUT2D eigenvalue weighted by atomic mass is 35.5. The fraction of sp³-hybridized carbons (Fsp3) is 0.391. The molecule has 15 N–H and O–H groups in total. The van der Waals surface area contributed by atoms with Crippen LogP contribution < -0.4 is 58.7 Å². The summed E-state index contributed by atoms with van der Waals surface area (Å²) < 4.78 is 11.3. The molecule has 2 heterocycles. The first kappa shape index (κ1) is 75.1. The number of benzene rings is 5. The number of likely N-dealkylation sites (tertiary alicyclic amines) is 1. The lowest BCUT2D eigenvalue weighted by Crippen LogP contribution is -2.61. The van der Waals surface area contributed by atoms with Crippen LogP contribution >= 0.6 is 12.4 Å². The van der Waals surface area contributed by atoms with Crippen LogP contribution in [0.15, 0.2) is 151 Å². The highest BCUT2D eigenvalue weighted by Crippen LogP contribution is 2.21. The third-order valence-corrected chi connectivity index (χ3v) is 15.9. The molecule has 6 aromatic rings. The summed E-state index contributed by atoms with van der Waals surface area (Å²) in [6, 6.07) is 29.8. The second-order valence-electron chi connectivity index (χ2n) is 23.6. The molecule has 0 saturated carbocycles. The number of aliphatic hydroxyl groups is 2. The number of nitrogens with two attached hydrogens (primary N) is 2. The predicted molar refractivity (Wildman–Crippen MR) is 362 cm³/mol. The molecule has 1 aliphatic rings. The molecule has 1 aliphatic heterocycles. The maximum Gasteiger partial charge on any atom is 0.408 e. The van der Waals surface area contributed by atoms with Gasteiger partial charge in [-0.05, 0) is 97.1 Å². The summed E-state index contributed by atoms with van der Waals surface area (Å²) in [6.07, 6.45) is 1.65. The van der Waals surface area contributed by atoms with Crippen LogP contribution in [0.25, 0.3) is 10.9 Å². The van der Waals surface area contributed by atoms with E-state index in [1.165, 1.54) is 0 Å². The summed E-state index contributed by atoms with van der Waals surface area (Å²) in [5.41, 5.74) is 15.0. The van der Waals surface area contributed by atoms with E-state index in [2.05, 4.69) is 52.5 Å². The van der Waals surface area contributed by atoms with Crippen molar-refractivity contribution in [3.8, 4) is 5.75 Å². The number of nitrogens with one attached hydrogen (secondary N) is 9. The number of hydrogen-bond donors (Lipinski definition) is 13. The first-order chi connectivity index (χ1) is 45.8. The summed E-state index contributed by atoms with van der Waals surface area (Å²) in [4.78, 5) is 137. The van der Waals surface area contributed by atoms with Gasteiger partial charge >= 0.3 is 6.09 Å². The summed E-state index contributed by atoms with van der Waals surface area (Å²) >= 11 is 0. The van der Waals surface area contributed by atoms with Crippen LogP contribution in [0.3, 0.4) is 0 Å². The number of aliphatic hydroxyl groups excluding tert-OH is 2. The highest BCUT2D eigenvalue weighted by molar-refractivity contribution is 6.02. The molecule has 9 amide bonds. The minimum atomic E-state index is -1.78. The SMILES string of the molecule is CCN1CCC[C@H]1C(=O)NC(=O)[C@H](CCCN=C(N)N)NC(=O)[C@H](CC(C)C)NC(=O)[C@@H](Cc1ccccc1)NC(=O)[C@H](Cc1ccc(OCc2ccccc2)cc1)NC(=O)[C@H](CO)NC(=O)[C@H](Cc1c[nH]c2ccccc12)NC(=O)[C@H](CO)NC(=O)OCc1ccccc1.Cl. The Morgan fingerprint density at radius 1 is 0.573 bits per heavy atom. The van der Waals surface area contributed by atoms with Crippen molar-refractivity contribution in [1.29, 1.82) is 0 Å². The summed E-state index contributed by atoms with van der Waals surface area (Å²) in [7, 11) is 0. The number of rotatable bonds is 35. The lowest BCUT2D eigenvalue weighted by Gasteiger charge is -2.28. The van der Waals surface area contributed by atoms with Crippen LogP contribution in [0.2, 0.25) is 0 Å². The molecular weight excluding hydrogens is 1250 g/mol. The maximum absolute atomic E-state index is 15.1. The van der Waals surface area contributed by atoms with E-state index in [0.29, 0.717) is 58.4 Å². The predicted octanol–water partition coefficient (Wildman–Crippen LogP) is 2.61. The Bertz CT molecular complexity index is 3540. The van der Waals surface area contributed by atoms with Crippen LogP contribution in [-0.4, -0.2) is 161 Å². The fourth-order valence-electron chi connectivity index (χ4n) is 10.9. The lowest BCUT2D eigenvalue weighted by atomic mass is 9.99. The summed E-state index contributed by atoms with van der Waals surface area (Å²) in [5, 5.41) is 42.8. The Morgan fingerprint density at radius 3 is 1.61 bits per heavy atom. The standard InChI is InChI=1S/C69H87N13O13.ClH/c1-4-82-33-17-27-59(82)67(92)81-60(85)52(26-16-32-72-68(70)71)74-61(86)53(34-43(2)3)75-62(87)54(35-44-18-8-5-9-19-44)76-63(88)55(36-45-28-30-49(31-29-45)94-41-46-20-10-6-11-21-46)77-65(90)57(39-83)79-64(89)56(37-48-38-73-51-25-15-14-24-50(48)51)78-66(91)58(40-84)80-69(93)95-42-47-22-12-7-13-23-47;/h5-15,18-25,28-31,38,43,52-59,73,83-84H,4,16-17,26-27,32-37,39-42H2,1-3H3,(H,74,86)(H,75,87)(H,76,88)(H,77,90)(H,78,91)(H,79,89)(H,80,93)(H4,70,71,72)(H,81,85,92);1H/t52-,53-,54+,55-,56-,57-,58-,59-;/m0./s1. The molecule has 0 bridgehead atoms. The number of carbonyl (C=O) groups excluding carboxylic acids is 9. The second-order valence-corrected chi connectivity index (χ2v) is 23.6. The van der Waals surface area contributed by atoms with E-state index in [1.807, 2.05) is 56.0 Å². The third-order valence-electron chi connectivity index (χ3n) is 15.9. The molecule has 0 unspecified atom stereocenters. The maximum atomic E-state index is 15.1. The van der Waals surface area contributed by atoms with Gasteiger partial charge in [0, 0.05) is 42.9 Å². The number of alkyl carbamates (subject to hydrolysis) is 1. The molecule has 0 aliphatic carbocycles. The molecule has 5 aromatic carbocycles. The number of guanidine groups is 1. The molecule has 514 valence electrons. The number of carbonyl (C=O) groups is 9. The van der Waals surface area contributed by atoms with Gasteiger partial charge in [0.1, 0.15) is 61.3 Å². The van der Waals surface area contributed by atoms with Gasteiger partial charge in [-0.3, -0.25) is 53.6 Å². The van der Waals surface area contributed by atoms with E-state index >= 15 is 4.79 Å². The van der Waals surface area contributed by atoms with Crippen molar-refractivity contribution in [3.05, 3.63) is 174 Å². The van der Waals surface area contributed by atoms with Crippen LogP contribution in [0.1, 0.15) is 80.7 Å². The lowest BCUT2D eigenvalue weighted by molar-refractivity contribution is -0.137. The van der Waals surface area contributed by atoms with Crippen LogP contribution in [-0.2, 0) is 75.6 Å². The Kier molecular flexibility index (Phi) is 30.1. The number of ether oxygens (including phenoxy) is 2. The van der Waals surface area contributed by atoms with Crippen molar-refractivity contribution in [2.75, 3.05) is 32.8 Å². The zero-order valence-electron chi connectivity index (χ0n) is 54.0.